The first-order valence-corrected chi connectivity index (χ1v) is 3.93. The van der Waals surface area contributed by atoms with Crippen LogP contribution in [0.2, 0.25) is 0 Å². The number of rotatable bonds is 1. The molecule has 72 valence electrons. The van der Waals surface area contributed by atoms with E-state index in [9.17, 15) is 4.79 Å². The van der Waals surface area contributed by atoms with Gasteiger partial charge in [0, 0.05) is 0 Å². The van der Waals surface area contributed by atoms with E-state index in [2.05, 4.69) is 15.5 Å². The zero-order valence-corrected chi connectivity index (χ0v) is 7.15. The van der Waals surface area contributed by atoms with Crippen LogP contribution in [0.25, 0.3) is 11.1 Å². The molecule has 0 radical (unpaired) electrons. The van der Waals surface area contributed by atoms with Crippen LogP contribution in [0.4, 0.5) is 4.79 Å². The average molecular weight is 192 g/mol. The number of primary amides is 1. The van der Waals surface area contributed by atoms with Crippen molar-refractivity contribution < 1.29 is 9.21 Å². The number of nitrogens with one attached hydrogen (secondary N) is 2. The largest absolute Gasteiger partial charge is 0.422 e. The maximum absolute atomic E-state index is 10.3. The van der Waals surface area contributed by atoms with E-state index >= 15 is 0 Å². The van der Waals surface area contributed by atoms with Crippen LogP contribution in [-0.4, -0.2) is 11.0 Å². The van der Waals surface area contributed by atoms with Gasteiger partial charge in [0.2, 0.25) is 0 Å². The number of carbonyl (C=O) groups excluding carboxylic acids is 1. The second-order valence-electron chi connectivity index (χ2n) is 2.62. The molecule has 0 fully saturated rings. The summed E-state index contributed by atoms with van der Waals surface area (Å²) in [6.07, 6.45) is 0. The molecule has 0 atom stereocenters. The number of aromatic amines is 1. The fraction of sp³-hybridized carbons (Fsp3) is 0. The number of hydrogen-bond acceptors (Lipinski definition) is 3. The predicted octanol–water partition coefficient (Wildman–Crippen LogP) is 0.245. The lowest BCUT2D eigenvalue weighted by molar-refractivity contribution is 0.248. The Balaban J connectivity index is 2.44. The Kier molecular flexibility index (Phi) is 1.94. The van der Waals surface area contributed by atoms with E-state index < -0.39 is 6.03 Å². The molecule has 0 saturated carbocycles. The van der Waals surface area contributed by atoms with Gasteiger partial charge in [0.25, 0.3) is 0 Å². The molecular formula is C8H8N4O2. The zero-order chi connectivity index (χ0) is 9.97. The van der Waals surface area contributed by atoms with E-state index in [0.717, 1.165) is 5.52 Å². The maximum atomic E-state index is 10.3. The standard InChI is InChI=1S/C8H8N4O2/c9-7(13)11-12-8-10-5-3-1-2-4-6(5)14-8/h1-4H,(H,10,12)(H3,9,11,13). The Labute approximate surface area is 78.4 Å². The highest BCUT2D eigenvalue weighted by atomic mass is 16.3. The number of hydrogen-bond donors (Lipinski definition) is 3. The first-order chi connectivity index (χ1) is 6.75. The van der Waals surface area contributed by atoms with Crippen molar-refractivity contribution in [3.05, 3.63) is 29.9 Å². The van der Waals surface area contributed by atoms with E-state index in [1.54, 1.807) is 6.07 Å². The van der Waals surface area contributed by atoms with Gasteiger partial charge in [-0.05, 0) is 12.1 Å². The third-order valence-corrected chi connectivity index (χ3v) is 1.60. The van der Waals surface area contributed by atoms with Crippen LogP contribution in [0.15, 0.2) is 33.8 Å². The minimum absolute atomic E-state index is 0.199. The number of amides is 2. The lowest BCUT2D eigenvalue weighted by Gasteiger charge is -1.85. The van der Waals surface area contributed by atoms with Gasteiger partial charge in [0.1, 0.15) is 0 Å². The molecule has 14 heavy (non-hydrogen) atoms. The van der Waals surface area contributed by atoms with Crippen molar-refractivity contribution in [1.29, 1.82) is 0 Å². The predicted molar refractivity (Wildman–Crippen MR) is 48.8 cm³/mol. The Bertz CT molecular complexity index is 489. The summed E-state index contributed by atoms with van der Waals surface area (Å²) in [6.45, 7) is 0. The Morgan fingerprint density at radius 1 is 1.50 bits per heavy atom. The van der Waals surface area contributed by atoms with Crippen LogP contribution >= 0.6 is 0 Å². The second-order valence-corrected chi connectivity index (χ2v) is 2.62. The number of oxazole rings is 1. The number of H-pyrrole nitrogens is 1. The second kappa shape index (κ2) is 3.25. The molecule has 0 saturated heterocycles. The maximum Gasteiger partial charge on any atom is 0.332 e. The third-order valence-electron chi connectivity index (χ3n) is 1.60. The number of fused-ring (bicyclic) bond motifs is 1. The smallest absolute Gasteiger partial charge is 0.332 e. The van der Waals surface area contributed by atoms with Gasteiger partial charge in [-0.15, -0.1) is 5.10 Å². The minimum atomic E-state index is -0.737. The molecule has 2 rings (SSSR count). The Hall–Kier alpha value is -2.24. The molecule has 2 aromatic rings. The van der Waals surface area contributed by atoms with Gasteiger partial charge in [0.05, 0.1) is 5.52 Å². The first-order valence-electron chi connectivity index (χ1n) is 3.93. The molecule has 0 aliphatic heterocycles. The van der Waals surface area contributed by atoms with E-state index in [4.69, 9.17) is 10.2 Å². The van der Waals surface area contributed by atoms with Gasteiger partial charge in [-0.2, -0.15) is 0 Å². The fourth-order valence-corrected chi connectivity index (χ4v) is 1.06. The third kappa shape index (κ3) is 1.58. The van der Waals surface area contributed by atoms with Gasteiger partial charge in [-0.3, -0.25) is 0 Å². The van der Waals surface area contributed by atoms with E-state index in [-0.39, 0.29) is 5.68 Å². The summed E-state index contributed by atoms with van der Waals surface area (Å²) in [5.74, 6) is 0. The monoisotopic (exact) mass is 192 g/mol. The Morgan fingerprint density at radius 3 is 3.00 bits per heavy atom. The SMILES string of the molecule is NC(=O)NN=c1[nH]c2ccccc2o1. The molecule has 0 unspecified atom stereocenters. The molecule has 1 aromatic carbocycles. The summed E-state index contributed by atoms with van der Waals surface area (Å²) >= 11 is 0. The summed E-state index contributed by atoms with van der Waals surface area (Å²) in [5, 5.41) is 3.60. The molecule has 1 heterocycles. The molecule has 6 heteroatoms. The van der Waals surface area contributed by atoms with Crippen molar-refractivity contribution in [1.82, 2.24) is 10.4 Å². The lowest BCUT2D eigenvalue weighted by atomic mass is 10.3. The number of benzene rings is 1. The quantitative estimate of drug-likeness (QED) is 0.564. The highest BCUT2D eigenvalue weighted by molar-refractivity contribution is 5.72. The first kappa shape index (κ1) is 8.36. The van der Waals surface area contributed by atoms with E-state index in [0.29, 0.717) is 5.58 Å². The van der Waals surface area contributed by atoms with Crippen molar-refractivity contribution in [2.45, 2.75) is 0 Å². The van der Waals surface area contributed by atoms with Crippen LogP contribution < -0.4 is 16.8 Å². The number of nitrogens with zero attached hydrogens (tertiary/aromatic N) is 1. The zero-order valence-electron chi connectivity index (χ0n) is 7.15. The molecule has 0 aliphatic carbocycles. The van der Waals surface area contributed by atoms with Crippen molar-refractivity contribution in [2.24, 2.45) is 10.8 Å². The van der Waals surface area contributed by atoms with Gasteiger partial charge in [-0.1, -0.05) is 12.1 Å². The number of aromatic nitrogens is 1. The van der Waals surface area contributed by atoms with E-state index in [1.807, 2.05) is 18.2 Å². The topological polar surface area (TPSA) is 96.4 Å². The van der Waals surface area contributed by atoms with Crippen LogP contribution in [0, 0.1) is 0 Å². The van der Waals surface area contributed by atoms with Crippen molar-refractivity contribution in [3.8, 4) is 0 Å². The molecule has 1 aromatic heterocycles. The number of para-hydroxylation sites is 2. The summed E-state index contributed by atoms with van der Waals surface area (Å²) in [7, 11) is 0. The summed E-state index contributed by atoms with van der Waals surface area (Å²) in [5.41, 5.74) is 8.56. The minimum Gasteiger partial charge on any atom is -0.422 e. The molecule has 4 N–H and O–H groups in total. The number of carbonyl (C=O) groups is 1. The van der Waals surface area contributed by atoms with Gasteiger partial charge in [0.15, 0.2) is 5.58 Å². The summed E-state index contributed by atoms with van der Waals surface area (Å²) in [6, 6.07) is 6.58. The van der Waals surface area contributed by atoms with E-state index in [1.165, 1.54) is 0 Å². The average Bonchev–Trinajstić information content (AvgIpc) is 2.57. The van der Waals surface area contributed by atoms with Gasteiger partial charge >= 0.3 is 11.7 Å². The van der Waals surface area contributed by atoms with Crippen molar-refractivity contribution in [3.63, 3.8) is 0 Å². The highest BCUT2D eigenvalue weighted by Crippen LogP contribution is 2.06. The normalized spacial score (nSPS) is 11.9. The van der Waals surface area contributed by atoms with Crippen LogP contribution in [0.5, 0.6) is 0 Å². The molecule has 0 bridgehead atoms. The molecular weight excluding hydrogens is 184 g/mol. The van der Waals surface area contributed by atoms with Crippen molar-refractivity contribution in [2.75, 3.05) is 0 Å². The highest BCUT2D eigenvalue weighted by Gasteiger charge is 1.96. The number of urea groups is 1. The van der Waals surface area contributed by atoms with Crippen LogP contribution in [-0.2, 0) is 0 Å². The van der Waals surface area contributed by atoms with Gasteiger partial charge < -0.3 is 15.1 Å². The summed E-state index contributed by atoms with van der Waals surface area (Å²) in [4.78, 5) is 13.2. The van der Waals surface area contributed by atoms with Crippen LogP contribution in [0.3, 0.4) is 0 Å². The number of nitrogens with two attached hydrogens (primary N) is 1. The summed E-state index contributed by atoms with van der Waals surface area (Å²) < 4.78 is 5.23. The van der Waals surface area contributed by atoms with Crippen LogP contribution in [0.1, 0.15) is 0 Å². The molecule has 0 aliphatic rings. The molecule has 6 nitrogen and oxygen atoms in total. The Morgan fingerprint density at radius 2 is 2.29 bits per heavy atom. The van der Waals surface area contributed by atoms with Gasteiger partial charge in [-0.25, -0.2) is 10.2 Å². The van der Waals surface area contributed by atoms with Crippen molar-refractivity contribution >= 4 is 17.1 Å². The lowest BCUT2D eigenvalue weighted by Crippen LogP contribution is -2.26. The molecule has 0 spiro atoms. The molecule has 2 amide bonds. The fourth-order valence-electron chi connectivity index (χ4n) is 1.06.